The second-order valence-electron chi connectivity index (χ2n) is 4.42. The fourth-order valence-corrected chi connectivity index (χ4v) is 2.35. The minimum Gasteiger partial charge on any atom is -0.503 e. The van der Waals surface area contributed by atoms with E-state index in [0.717, 1.165) is 0 Å². The molecular weight excluding hydrogens is 346 g/mol. The Morgan fingerprint density at radius 1 is 1.32 bits per heavy atom. The number of Topliss-reactive ketones (excluding diaryl/α,β-unsaturated/α-hetero) is 1. The Labute approximate surface area is 136 Å². The summed E-state index contributed by atoms with van der Waals surface area (Å²) < 4.78 is 5.47. The summed E-state index contributed by atoms with van der Waals surface area (Å²) in [4.78, 5) is 12.3. The fraction of sp³-hybridized carbons (Fsp3) is 0.0588. The molecule has 0 bridgehead atoms. The zero-order valence-corrected chi connectivity index (χ0v) is 13.3. The van der Waals surface area contributed by atoms with Crippen molar-refractivity contribution in [3.05, 3.63) is 63.6 Å². The van der Waals surface area contributed by atoms with Crippen LogP contribution in [0.4, 0.5) is 0 Å². The lowest BCUT2D eigenvalue weighted by atomic mass is 10.0. The third-order valence-electron chi connectivity index (χ3n) is 2.98. The number of nitriles is 1. The molecule has 0 aromatic heterocycles. The van der Waals surface area contributed by atoms with Crippen molar-refractivity contribution < 1.29 is 14.6 Å². The molecule has 0 atom stereocenters. The molecule has 0 aliphatic carbocycles. The maximum atomic E-state index is 12.3. The van der Waals surface area contributed by atoms with E-state index in [0.29, 0.717) is 15.6 Å². The highest BCUT2D eigenvalue weighted by Crippen LogP contribution is 2.35. The van der Waals surface area contributed by atoms with Crippen molar-refractivity contribution in [2.24, 2.45) is 0 Å². The molecule has 110 valence electrons. The molecule has 22 heavy (non-hydrogen) atoms. The van der Waals surface area contributed by atoms with E-state index in [-0.39, 0.29) is 22.9 Å². The van der Waals surface area contributed by atoms with Crippen molar-refractivity contribution in [2.75, 3.05) is 7.11 Å². The van der Waals surface area contributed by atoms with Crippen molar-refractivity contribution in [1.29, 1.82) is 5.26 Å². The number of carbonyl (C=O) groups is 1. The minimum atomic E-state index is -0.355. The third-order valence-corrected chi connectivity index (χ3v) is 3.59. The molecule has 2 aromatic carbocycles. The van der Waals surface area contributed by atoms with E-state index in [9.17, 15) is 15.2 Å². The van der Waals surface area contributed by atoms with Gasteiger partial charge in [0.1, 0.15) is 11.6 Å². The average molecular weight is 358 g/mol. The van der Waals surface area contributed by atoms with Crippen molar-refractivity contribution in [2.45, 2.75) is 0 Å². The van der Waals surface area contributed by atoms with Gasteiger partial charge in [0.05, 0.1) is 11.6 Å². The SMILES string of the molecule is COc1cc(C=C(C#N)C(=O)c2ccccc2)cc(Br)c1O. The summed E-state index contributed by atoms with van der Waals surface area (Å²) in [5, 5.41) is 19.0. The van der Waals surface area contributed by atoms with E-state index in [2.05, 4.69) is 15.9 Å². The van der Waals surface area contributed by atoms with Gasteiger partial charge in [-0.2, -0.15) is 5.26 Å². The average Bonchev–Trinajstić information content (AvgIpc) is 2.55. The number of phenols is 1. The lowest BCUT2D eigenvalue weighted by Gasteiger charge is -2.07. The van der Waals surface area contributed by atoms with E-state index in [1.54, 1.807) is 42.5 Å². The first-order chi connectivity index (χ1) is 10.6. The van der Waals surface area contributed by atoms with E-state index < -0.39 is 0 Å². The number of halogens is 1. The van der Waals surface area contributed by atoms with Gasteiger partial charge >= 0.3 is 0 Å². The molecule has 0 unspecified atom stereocenters. The van der Waals surface area contributed by atoms with E-state index >= 15 is 0 Å². The maximum Gasteiger partial charge on any atom is 0.203 e. The number of ketones is 1. The number of rotatable bonds is 4. The molecule has 0 fully saturated rings. The molecule has 0 spiro atoms. The predicted molar refractivity (Wildman–Crippen MR) is 86.7 cm³/mol. The van der Waals surface area contributed by atoms with E-state index in [1.807, 2.05) is 6.07 Å². The molecule has 0 aliphatic heterocycles. The summed E-state index contributed by atoms with van der Waals surface area (Å²) in [6, 6.07) is 13.7. The van der Waals surface area contributed by atoms with Crippen molar-refractivity contribution in [1.82, 2.24) is 0 Å². The number of phenolic OH excluding ortho intramolecular Hbond substituents is 1. The minimum absolute atomic E-state index is 0.00541. The normalized spacial score (nSPS) is 10.9. The summed E-state index contributed by atoms with van der Waals surface area (Å²) in [6.45, 7) is 0. The number of hydrogen-bond acceptors (Lipinski definition) is 4. The highest BCUT2D eigenvalue weighted by atomic mass is 79.9. The first-order valence-corrected chi connectivity index (χ1v) is 7.14. The van der Waals surface area contributed by atoms with Gasteiger partial charge in [0.2, 0.25) is 5.78 Å². The van der Waals surface area contributed by atoms with Gasteiger partial charge in [-0.15, -0.1) is 0 Å². The Balaban J connectivity index is 2.44. The van der Waals surface area contributed by atoms with Crippen molar-refractivity contribution in [3.63, 3.8) is 0 Å². The molecule has 0 radical (unpaired) electrons. The van der Waals surface area contributed by atoms with Crippen LogP contribution in [-0.2, 0) is 0 Å². The van der Waals surface area contributed by atoms with Gasteiger partial charge in [0, 0.05) is 5.56 Å². The standard InChI is InChI=1S/C17H12BrNO3/c1-22-15-9-11(8-14(18)17(15)21)7-13(10-19)16(20)12-5-3-2-4-6-12/h2-9,21H,1H3. The summed E-state index contributed by atoms with van der Waals surface area (Å²) >= 11 is 3.20. The van der Waals surface area contributed by atoms with Crippen LogP contribution in [0.2, 0.25) is 0 Å². The van der Waals surface area contributed by atoms with Crippen LogP contribution < -0.4 is 4.74 Å². The lowest BCUT2D eigenvalue weighted by Crippen LogP contribution is -2.01. The molecule has 0 heterocycles. The van der Waals surface area contributed by atoms with Gasteiger partial charge in [-0.3, -0.25) is 4.79 Å². The number of ether oxygens (including phenoxy) is 1. The number of nitrogens with zero attached hydrogens (tertiary/aromatic N) is 1. The molecule has 5 heteroatoms. The Morgan fingerprint density at radius 2 is 2.00 bits per heavy atom. The number of hydrogen-bond donors (Lipinski definition) is 1. The van der Waals surface area contributed by atoms with Crippen LogP contribution in [0, 0.1) is 11.3 Å². The fourth-order valence-electron chi connectivity index (χ4n) is 1.89. The first kappa shape index (κ1) is 15.8. The van der Waals surface area contributed by atoms with Crippen molar-refractivity contribution in [3.8, 4) is 17.6 Å². The number of aromatic hydroxyl groups is 1. The first-order valence-electron chi connectivity index (χ1n) is 6.35. The molecule has 2 rings (SSSR count). The number of benzene rings is 2. The van der Waals surface area contributed by atoms with Gasteiger partial charge in [0.25, 0.3) is 0 Å². The number of methoxy groups -OCH3 is 1. The highest BCUT2D eigenvalue weighted by molar-refractivity contribution is 9.10. The second kappa shape index (κ2) is 6.92. The molecular formula is C17H12BrNO3. The van der Waals surface area contributed by atoms with Gasteiger partial charge in [-0.1, -0.05) is 30.3 Å². The Morgan fingerprint density at radius 3 is 2.59 bits per heavy atom. The topological polar surface area (TPSA) is 70.3 Å². The van der Waals surface area contributed by atoms with Crippen LogP contribution >= 0.6 is 15.9 Å². The van der Waals surface area contributed by atoms with Crippen LogP contribution in [0.15, 0.2) is 52.5 Å². The van der Waals surface area contributed by atoms with Gasteiger partial charge in [-0.05, 0) is 39.7 Å². The zero-order valence-electron chi connectivity index (χ0n) is 11.7. The summed E-state index contributed by atoms with van der Waals surface area (Å²) in [6.07, 6.45) is 1.46. The number of carbonyl (C=O) groups excluding carboxylic acids is 1. The van der Waals surface area contributed by atoms with Crippen LogP contribution in [0.5, 0.6) is 11.5 Å². The third kappa shape index (κ3) is 3.35. The molecule has 0 amide bonds. The van der Waals surface area contributed by atoms with Crippen LogP contribution in [0.1, 0.15) is 15.9 Å². The largest absolute Gasteiger partial charge is 0.503 e. The van der Waals surface area contributed by atoms with Crippen LogP contribution in [-0.4, -0.2) is 18.0 Å². The zero-order chi connectivity index (χ0) is 16.1. The van der Waals surface area contributed by atoms with Gasteiger partial charge in [0.15, 0.2) is 11.5 Å². The molecule has 0 aliphatic rings. The Bertz CT molecular complexity index is 776. The molecule has 4 nitrogen and oxygen atoms in total. The molecule has 0 saturated carbocycles. The number of allylic oxidation sites excluding steroid dienone is 1. The molecule has 2 aromatic rings. The smallest absolute Gasteiger partial charge is 0.203 e. The summed E-state index contributed by atoms with van der Waals surface area (Å²) in [5.41, 5.74) is 1.02. The van der Waals surface area contributed by atoms with Crippen molar-refractivity contribution >= 4 is 27.8 Å². The molecule has 0 saturated heterocycles. The monoisotopic (exact) mass is 357 g/mol. The van der Waals surface area contributed by atoms with E-state index in [4.69, 9.17) is 4.74 Å². The Hall–Kier alpha value is -2.58. The maximum absolute atomic E-state index is 12.3. The predicted octanol–water partition coefficient (Wildman–Crippen LogP) is 3.95. The summed E-state index contributed by atoms with van der Waals surface area (Å²) in [7, 11) is 1.43. The van der Waals surface area contributed by atoms with Crippen LogP contribution in [0.25, 0.3) is 6.08 Å². The summed E-state index contributed by atoms with van der Waals surface area (Å²) in [5.74, 6) is -0.135. The quantitative estimate of drug-likeness (QED) is 0.510. The van der Waals surface area contributed by atoms with Crippen LogP contribution in [0.3, 0.4) is 0 Å². The lowest BCUT2D eigenvalue weighted by molar-refractivity contribution is 0.104. The van der Waals surface area contributed by atoms with Gasteiger partial charge in [-0.25, -0.2) is 0 Å². The second-order valence-corrected chi connectivity index (χ2v) is 5.27. The van der Waals surface area contributed by atoms with E-state index in [1.165, 1.54) is 13.2 Å². The molecule has 1 N–H and O–H groups in total. The Kier molecular flexibility index (Phi) is 4.97. The highest BCUT2D eigenvalue weighted by Gasteiger charge is 2.13. The van der Waals surface area contributed by atoms with Gasteiger partial charge < -0.3 is 9.84 Å².